The van der Waals surface area contributed by atoms with Gasteiger partial charge in [-0.2, -0.15) is 18.3 Å². The molecule has 0 aliphatic heterocycles. The molecule has 8 heteroatoms. The molecule has 1 aliphatic carbocycles. The van der Waals surface area contributed by atoms with Gasteiger partial charge in [-0.05, 0) is 86.9 Å². The Morgan fingerprint density at radius 1 is 0.971 bits per heavy atom. The quantitative estimate of drug-likeness (QED) is 0.313. The van der Waals surface area contributed by atoms with E-state index in [1.165, 1.54) is 18.6 Å². The third-order valence-corrected chi connectivity index (χ3v) is 7.09. The molecule has 2 atom stereocenters. The molecule has 2 unspecified atom stereocenters. The van der Waals surface area contributed by atoms with Gasteiger partial charge in [-0.3, -0.25) is 5.10 Å². The number of rotatable bonds is 4. The Hall–Kier alpha value is -3.29. The lowest BCUT2D eigenvalue weighted by Gasteiger charge is -2.33. The van der Waals surface area contributed by atoms with Crippen LogP contribution >= 0.6 is 0 Å². The van der Waals surface area contributed by atoms with Gasteiger partial charge in [-0.25, -0.2) is 4.98 Å². The maximum Gasteiger partial charge on any atom is 0.416 e. The molecule has 5 nitrogen and oxygen atoms in total. The van der Waals surface area contributed by atoms with E-state index in [2.05, 4.69) is 52.1 Å². The summed E-state index contributed by atoms with van der Waals surface area (Å²) in [4.78, 5) is 4.93. The van der Waals surface area contributed by atoms with Crippen molar-refractivity contribution in [3.63, 3.8) is 0 Å². The van der Waals surface area contributed by atoms with Gasteiger partial charge in [0.05, 0.1) is 22.3 Å². The zero-order valence-electron chi connectivity index (χ0n) is 20.4. The minimum absolute atomic E-state index is 0.263. The minimum atomic E-state index is -4.36. The van der Waals surface area contributed by atoms with Crippen LogP contribution in [0.4, 0.5) is 24.8 Å². The minimum Gasteiger partial charge on any atom is -0.326 e. The Labute approximate surface area is 202 Å². The van der Waals surface area contributed by atoms with E-state index in [9.17, 15) is 13.2 Å². The molecule has 0 saturated heterocycles. The molecule has 5 rings (SSSR count). The molecular formula is C27H30F3N5. The normalized spacial score (nSPS) is 20.9. The fourth-order valence-electron chi connectivity index (χ4n) is 5.68. The van der Waals surface area contributed by atoms with E-state index >= 15 is 0 Å². The highest BCUT2D eigenvalue weighted by molar-refractivity contribution is 5.86. The van der Waals surface area contributed by atoms with E-state index in [1.807, 2.05) is 13.8 Å². The molecule has 2 aromatic carbocycles. The molecule has 0 amide bonds. The van der Waals surface area contributed by atoms with Gasteiger partial charge in [0.25, 0.3) is 0 Å². The van der Waals surface area contributed by atoms with Gasteiger partial charge in [0, 0.05) is 23.0 Å². The van der Waals surface area contributed by atoms with E-state index in [-0.39, 0.29) is 6.04 Å². The number of hydrogen-bond donors (Lipinski definition) is 2. The van der Waals surface area contributed by atoms with E-state index in [0.717, 1.165) is 58.5 Å². The van der Waals surface area contributed by atoms with Crippen LogP contribution in [0.5, 0.6) is 0 Å². The lowest BCUT2D eigenvalue weighted by atomic mass is 9.80. The molecule has 1 fully saturated rings. The topological polar surface area (TPSA) is 58.5 Å². The number of imidazole rings is 1. The first-order chi connectivity index (χ1) is 16.6. The molecular weight excluding hydrogens is 451 g/mol. The van der Waals surface area contributed by atoms with Crippen LogP contribution in [-0.2, 0) is 6.18 Å². The van der Waals surface area contributed by atoms with Crippen molar-refractivity contribution in [2.45, 2.75) is 59.2 Å². The van der Waals surface area contributed by atoms with Crippen LogP contribution in [0.3, 0.4) is 0 Å². The number of anilines is 2. The van der Waals surface area contributed by atoms with Gasteiger partial charge in [-0.1, -0.05) is 19.9 Å². The Morgan fingerprint density at radius 3 is 2.26 bits per heavy atom. The second kappa shape index (κ2) is 8.73. The molecule has 35 heavy (non-hydrogen) atoms. The predicted molar refractivity (Wildman–Crippen MR) is 133 cm³/mol. The number of alkyl halides is 3. The van der Waals surface area contributed by atoms with Gasteiger partial charge < -0.3 is 9.88 Å². The van der Waals surface area contributed by atoms with Crippen molar-refractivity contribution in [1.82, 2.24) is 19.7 Å². The number of aromatic nitrogens is 4. The summed E-state index contributed by atoms with van der Waals surface area (Å²) in [7, 11) is 0. The number of halogens is 3. The summed E-state index contributed by atoms with van der Waals surface area (Å²) in [6.45, 7) is 8.55. The van der Waals surface area contributed by atoms with Crippen LogP contribution in [0.1, 0.15) is 56.1 Å². The molecule has 0 spiro atoms. The smallest absolute Gasteiger partial charge is 0.326 e. The number of fused-ring (bicyclic) bond motifs is 1. The van der Waals surface area contributed by atoms with Crippen LogP contribution in [0, 0.1) is 25.7 Å². The standard InChI is InChI=1S/C27H30F3N5/c1-15-11-16(2)13-22(12-15)35-24-10-5-19(25-17(3)33-34-18(25)4)14-23(24)32-26(35)31-21-8-6-20(7-9-21)27(28,29)30/h5-10,14-16,22H,11-13H2,1-4H3,(H,31,32)(H,33,34). The summed E-state index contributed by atoms with van der Waals surface area (Å²) in [5.41, 5.74) is 5.82. The summed E-state index contributed by atoms with van der Waals surface area (Å²) < 4.78 is 41.3. The first-order valence-corrected chi connectivity index (χ1v) is 12.1. The molecule has 184 valence electrons. The average molecular weight is 482 g/mol. The molecule has 0 radical (unpaired) electrons. The Kier molecular flexibility index (Phi) is 5.85. The van der Waals surface area contributed by atoms with Crippen molar-refractivity contribution < 1.29 is 13.2 Å². The average Bonchev–Trinajstić information content (AvgIpc) is 3.31. The van der Waals surface area contributed by atoms with E-state index in [1.54, 1.807) is 0 Å². The summed E-state index contributed by atoms with van der Waals surface area (Å²) in [6.07, 6.45) is -1.08. The molecule has 0 bridgehead atoms. The maximum absolute atomic E-state index is 13.0. The summed E-state index contributed by atoms with van der Waals surface area (Å²) in [5.74, 6) is 1.84. The molecule has 2 aromatic heterocycles. The lowest BCUT2D eigenvalue weighted by Crippen LogP contribution is -2.23. The van der Waals surface area contributed by atoms with Crippen molar-refractivity contribution in [3.05, 3.63) is 59.4 Å². The highest BCUT2D eigenvalue weighted by Crippen LogP contribution is 2.41. The SMILES string of the molecule is Cc1n[nH]c(C)c1-c1ccc2c(c1)nc(Nc1ccc(C(F)(F)F)cc1)n2C1CC(C)CC(C)C1. The monoisotopic (exact) mass is 481 g/mol. The van der Waals surface area contributed by atoms with Crippen LogP contribution in [-0.4, -0.2) is 19.7 Å². The fourth-order valence-corrected chi connectivity index (χ4v) is 5.68. The number of benzene rings is 2. The molecule has 1 aliphatic rings. The number of aromatic amines is 1. The van der Waals surface area contributed by atoms with Crippen LogP contribution < -0.4 is 5.32 Å². The number of hydrogen-bond acceptors (Lipinski definition) is 3. The second-order valence-corrected chi connectivity index (χ2v) is 10.1. The summed E-state index contributed by atoms with van der Waals surface area (Å²) >= 11 is 0. The highest BCUT2D eigenvalue weighted by Gasteiger charge is 2.31. The van der Waals surface area contributed by atoms with Gasteiger partial charge in [-0.15, -0.1) is 0 Å². The molecule has 4 aromatic rings. The van der Waals surface area contributed by atoms with Crippen molar-refractivity contribution in [2.75, 3.05) is 5.32 Å². The number of aryl methyl sites for hydroxylation is 2. The van der Waals surface area contributed by atoms with Crippen LogP contribution in [0.15, 0.2) is 42.5 Å². The predicted octanol–water partition coefficient (Wildman–Crippen LogP) is 7.80. The number of nitrogens with one attached hydrogen (secondary N) is 2. The van der Waals surface area contributed by atoms with Crippen molar-refractivity contribution in [3.8, 4) is 11.1 Å². The van der Waals surface area contributed by atoms with Gasteiger partial charge in [0.1, 0.15) is 0 Å². The van der Waals surface area contributed by atoms with Gasteiger partial charge >= 0.3 is 6.18 Å². The Balaban J connectivity index is 1.59. The Morgan fingerprint density at radius 2 is 1.66 bits per heavy atom. The molecule has 1 saturated carbocycles. The number of nitrogens with zero attached hydrogens (tertiary/aromatic N) is 3. The summed E-state index contributed by atoms with van der Waals surface area (Å²) in [5, 5.41) is 10.7. The zero-order valence-corrected chi connectivity index (χ0v) is 20.4. The van der Waals surface area contributed by atoms with Gasteiger partial charge in [0.15, 0.2) is 0 Å². The van der Waals surface area contributed by atoms with Crippen molar-refractivity contribution in [1.29, 1.82) is 0 Å². The van der Waals surface area contributed by atoms with Crippen molar-refractivity contribution in [2.24, 2.45) is 11.8 Å². The van der Waals surface area contributed by atoms with Crippen molar-refractivity contribution >= 4 is 22.7 Å². The fraction of sp³-hybridized carbons (Fsp3) is 0.407. The van der Waals surface area contributed by atoms with E-state index in [0.29, 0.717) is 23.5 Å². The summed E-state index contributed by atoms with van der Waals surface area (Å²) in [6, 6.07) is 11.7. The highest BCUT2D eigenvalue weighted by atomic mass is 19.4. The van der Waals surface area contributed by atoms with Crippen LogP contribution in [0.25, 0.3) is 22.2 Å². The maximum atomic E-state index is 13.0. The third kappa shape index (κ3) is 4.54. The third-order valence-electron chi connectivity index (χ3n) is 7.09. The molecule has 2 heterocycles. The van der Waals surface area contributed by atoms with Gasteiger partial charge in [0.2, 0.25) is 5.95 Å². The second-order valence-electron chi connectivity index (χ2n) is 10.1. The first kappa shape index (κ1) is 23.5. The van der Waals surface area contributed by atoms with Crippen LogP contribution in [0.2, 0.25) is 0 Å². The van der Waals surface area contributed by atoms with E-state index < -0.39 is 11.7 Å². The Bertz CT molecular complexity index is 1320. The largest absolute Gasteiger partial charge is 0.416 e. The first-order valence-electron chi connectivity index (χ1n) is 12.1. The van der Waals surface area contributed by atoms with E-state index in [4.69, 9.17) is 4.98 Å². The number of H-pyrrole nitrogens is 1. The lowest BCUT2D eigenvalue weighted by molar-refractivity contribution is -0.137. The zero-order chi connectivity index (χ0) is 24.9. The molecule has 2 N–H and O–H groups in total.